The number of carbonyl (C=O) groups is 2. The van der Waals surface area contributed by atoms with Crippen molar-refractivity contribution >= 4 is 17.5 Å². The fraction of sp³-hybridized carbons (Fsp3) is 0.500. The molecule has 1 aliphatic rings. The molecule has 2 heterocycles. The van der Waals surface area contributed by atoms with Gasteiger partial charge in [-0.05, 0) is 31.4 Å². The fourth-order valence-electron chi connectivity index (χ4n) is 3.38. The van der Waals surface area contributed by atoms with Crippen LogP contribution in [0.5, 0.6) is 5.75 Å². The molecule has 8 nitrogen and oxygen atoms in total. The Balaban J connectivity index is 1.43. The second-order valence-electron chi connectivity index (χ2n) is 7.36. The van der Waals surface area contributed by atoms with Crippen LogP contribution < -0.4 is 10.1 Å². The number of nitrogens with zero attached hydrogens (tertiary/aromatic N) is 3. The fourth-order valence-corrected chi connectivity index (χ4v) is 3.38. The number of anilines is 1. The molecule has 1 fully saturated rings. The van der Waals surface area contributed by atoms with E-state index >= 15 is 0 Å². The van der Waals surface area contributed by atoms with E-state index in [1.807, 2.05) is 35.2 Å². The van der Waals surface area contributed by atoms with E-state index in [-0.39, 0.29) is 37.5 Å². The van der Waals surface area contributed by atoms with Crippen LogP contribution in [0.2, 0.25) is 0 Å². The third kappa shape index (κ3) is 6.88. The van der Waals surface area contributed by atoms with Crippen LogP contribution in [0.4, 0.5) is 5.69 Å². The Morgan fingerprint density at radius 3 is 2.90 bits per heavy atom. The first-order chi connectivity index (χ1) is 14.6. The minimum Gasteiger partial charge on any atom is -0.493 e. The smallest absolute Gasteiger partial charge is 0.244 e. The quantitative estimate of drug-likeness (QED) is 0.611. The summed E-state index contributed by atoms with van der Waals surface area (Å²) in [7, 11) is 0. The van der Waals surface area contributed by atoms with Gasteiger partial charge in [-0.25, -0.2) is 0 Å². The normalized spacial score (nSPS) is 15.7. The molecule has 1 aromatic carbocycles. The van der Waals surface area contributed by atoms with E-state index in [1.54, 1.807) is 17.1 Å². The summed E-state index contributed by atoms with van der Waals surface area (Å²) in [6.45, 7) is 4.58. The number of rotatable bonds is 11. The van der Waals surface area contributed by atoms with Crippen molar-refractivity contribution in [3.63, 3.8) is 0 Å². The maximum atomic E-state index is 12.7. The van der Waals surface area contributed by atoms with Crippen LogP contribution in [0.25, 0.3) is 0 Å². The highest BCUT2D eigenvalue weighted by atomic mass is 16.5. The number of nitrogens with one attached hydrogen (secondary N) is 1. The van der Waals surface area contributed by atoms with Crippen molar-refractivity contribution in [2.45, 2.75) is 45.3 Å². The molecule has 1 unspecified atom stereocenters. The second kappa shape index (κ2) is 11.3. The zero-order valence-corrected chi connectivity index (χ0v) is 17.5. The van der Waals surface area contributed by atoms with Crippen molar-refractivity contribution in [1.82, 2.24) is 14.7 Å². The second-order valence-corrected chi connectivity index (χ2v) is 7.36. The molecule has 3 rings (SSSR count). The Morgan fingerprint density at radius 2 is 2.17 bits per heavy atom. The van der Waals surface area contributed by atoms with Crippen molar-refractivity contribution in [2.75, 3.05) is 31.6 Å². The first-order valence-corrected chi connectivity index (χ1v) is 10.5. The number of para-hydroxylation sites is 1. The Bertz CT molecular complexity index is 802. The van der Waals surface area contributed by atoms with Crippen molar-refractivity contribution in [2.24, 2.45) is 0 Å². The Labute approximate surface area is 177 Å². The molecule has 1 aromatic heterocycles. The van der Waals surface area contributed by atoms with E-state index in [1.165, 1.54) is 0 Å². The molecule has 1 aliphatic heterocycles. The Kier molecular flexibility index (Phi) is 8.26. The minimum absolute atomic E-state index is 0.00425. The third-order valence-corrected chi connectivity index (χ3v) is 4.85. The molecule has 0 bridgehead atoms. The summed E-state index contributed by atoms with van der Waals surface area (Å²) >= 11 is 0. The largest absolute Gasteiger partial charge is 0.493 e. The van der Waals surface area contributed by atoms with E-state index in [9.17, 15) is 9.59 Å². The molecular formula is C22H30N4O4. The predicted octanol–water partition coefficient (Wildman–Crippen LogP) is 2.71. The average Bonchev–Trinajstić information content (AvgIpc) is 3.40. The van der Waals surface area contributed by atoms with Crippen LogP contribution in [-0.4, -0.2) is 58.9 Å². The highest BCUT2D eigenvalue weighted by molar-refractivity contribution is 5.90. The van der Waals surface area contributed by atoms with Gasteiger partial charge in [-0.3, -0.25) is 14.3 Å². The van der Waals surface area contributed by atoms with Crippen LogP contribution in [0.3, 0.4) is 0 Å². The topological polar surface area (TPSA) is 85.7 Å². The predicted molar refractivity (Wildman–Crippen MR) is 113 cm³/mol. The van der Waals surface area contributed by atoms with E-state index in [0.717, 1.165) is 31.6 Å². The summed E-state index contributed by atoms with van der Waals surface area (Å²) in [5, 5.41) is 6.99. The van der Waals surface area contributed by atoms with Crippen LogP contribution in [0, 0.1) is 0 Å². The van der Waals surface area contributed by atoms with Crippen molar-refractivity contribution in [1.29, 1.82) is 0 Å². The van der Waals surface area contributed by atoms with Crippen LogP contribution in [0.1, 0.15) is 32.6 Å². The van der Waals surface area contributed by atoms with Gasteiger partial charge in [-0.1, -0.05) is 25.1 Å². The maximum absolute atomic E-state index is 12.7. The zero-order chi connectivity index (χ0) is 21.2. The van der Waals surface area contributed by atoms with E-state index in [0.29, 0.717) is 18.8 Å². The summed E-state index contributed by atoms with van der Waals surface area (Å²) in [5.41, 5.74) is 0.564. The summed E-state index contributed by atoms with van der Waals surface area (Å²) in [6, 6.07) is 9.37. The van der Waals surface area contributed by atoms with Gasteiger partial charge < -0.3 is 19.7 Å². The molecule has 1 atom stereocenters. The Morgan fingerprint density at radius 1 is 1.33 bits per heavy atom. The van der Waals surface area contributed by atoms with Gasteiger partial charge in [0.1, 0.15) is 12.3 Å². The van der Waals surface area contributed by atoms with Gasteiger partial charge in [-0.2, -0.15) is 5.10 Å². The van der Waals surface area contributed by atoms with Gasteiger partial charge in [-0.15, -0.1) is 0 Å². The molecule has 2 aromatic rings. The van der Waals surface area contributed by atoms with Crippen molar-refractivity contribution in [3.8, 4) is 5.75 Å². The highest BCUT2D eigenvalue weighted by Gasteiger charge is 2.22. The average molecular weight is 415 g/mol. The first-order valence-electron chi connectivity index (χ1n) is 10.5. The number of benzene rings is 1. The minimum atomic E-state index is -0.164. The van der Waals surface area contributed by atoms with Crippen LogP contribution in [-0.2, 0) is 20.9 Å². The van der Waals surface area contributed by atoms with E-state index in [2.05, 4.69) is 17.3 Å². The molecule has 0 saturated carbocycles. The lowest BCUT2D eigenvalue weighted by Gasteiger charge is -2.25. The lowest BCUT2D eigenvalue weighted by atomic mass is 10.2. The maximum Gasteiger partial charge on any atom is 0.244 e. The standard InChI is InChI=1S/C22H30N4O4/c1-2-11-25(16-20-9-6-12-29-20)22(28)17-26-15-18(14-23-26)24-21(27)10-13-30-19-7-4-3-5-8-19/h3-5,7-8,14-15,20H,2,6,9-13,16-17H2,1H3,(H,24,27). The summed E-state index contributed by atoms with van der Waals surface area (Å²) in [6.07, 6.45) is 6.52. The molecule has 1 saturated heterocycles. The molecule has 0 radical (unpaired) electrons. The number of amides is 2. The molecule has 1 N–H and O–H groups in total. The zero-order valence-electron chi connectivity index (χ0n) is 17.5. The van der Waals surface area contributed by atoms with Crippen LogP contribution in [0.15, 0.2) is 42.7 Å². The molecule has 0 spiro atoms. The lowest BCUT2D eigenvalue weighted by Crippen LogP contribution is -2.39. The summed E-state index contributed by atoms with van der Waals surface area (Å²) in [4.78, 5) is 26.7. The van der Waals surface area contributed by atoms with Crippen molar-refractivity contribution in [3.05, 3.63) is 42.7 Å². The summed E-state index contributed by atoms with van der Waals surface area (Å²) in [5.74, 6) is 0.573. The molecule has 8 heteroatoms. The Hall–Kier alpha value is -2.87. The van der Waals surface area contributed by atoms with Gasteiger partial charge in [0, 0.05) is 25.9 Å². The van der Waals surface area contributed by atoms with E-state index in [4.69, 9.17) is 9.47 Å². The number of ether oxygens (including phenoxy) is 2. The number of hydrogen-bond donors (Lipinski definition) is 1. The van der Waals surface area contributed by atoms with Crippen molar-refractivity contribution < 1.29 is 19.1 Å². The molecule has 30 heavy (non-hydrogen) atoms. The number of carbonyl (C=O) groups excluding carboxylic acids is 2. The first kappa shape index (κ1) is 21.8. The number of hydrogen-bond acceptors (Lipinski definition) is 5. The third-order valence-electron chi connectivity index (χ3n) is 4.85. The molecule has 162 valence electrons. The van der Waals surface area contributed by atoms with Gasteiger partial charge in [0.2, 0.25) is 11.8 Å². The molecule has 2 amide bonds. The highest BCUT2D eigenvalue weighted by Crippen LogP contribution is 2.14. The molecular weight excluding hydrogens is 384 g/mol. The van der Waals surface area contributed by atoms with Gasteiger partial charge in [0.25, 0.3) is 0 Å². The SMILES string of the molecule is CCCN(CC1CCCO1)C(=O)Cn1cc(NC(=O)CCOc2ccccc2)cn1. The summed E-state index contributed by atoms with van der Waals surface area (Å²) < 4.78 is 12.8. The van der Waals surface area contributed by atoms with Gasteiger partial charge in [0.15, 0.2) is 0 Å². The monoisotopic (exact) mass is 414 g/mol. The molecule has 0 aliphatic carbocycles. The van der Waals surface area contributed by atoms with Crippen LogP contribution >= 0.6 is 0 Å². The number of aromatic nitrogens is 2. The van der Waals surface area contributed by atoms with Gasteiger partial charge in [0.05, 0.1) is 31.0 Å². The van der Waals surface area contributed by atoms with E-state index < -0.39 is 0 Å². The lowest BCUT2D eigenvalue weighted by molar-refractivity contribution is -0.133. The van der Waals surface area contributed by atoms with Gasteiger partial charge >= 0.3 is 0 Å².